The van der Waals surface area contributed by atoms with Gasteiger partial charge in [-0.3, -0.25) is 28.8 Å². The zero-order valence-corrected chi connectivity index (χ0v) is 35.2. The standard InChI is InChI=1S/C24H44O6.C18H32O6/c1-6-9-14-20(7-2)19-30-22(26)15-11-10-12-17-28-21(25)16-13-18-29-23(27)24(4,5)8-3;1-4-18(2,3)17(22)24-14-10-6-8-12-16(21)23-13-9-5-7-11-15(19)20/h20H,6-19H2,1-5H3;4-14H2,1-3H3,(H,19,20). The highest BCUT2D eigenvalue weighted by molar-refractivity contribution is 5.76. The summed E-state index contributed by atoms with van der Waals surface area (Å²) >= 11 is 0. The number of carboxylic acid groups (broad SMARTS) is 1. The third kappa shape index (κ3) is 31.2. The SMILES string of the molecule is CCC(C)(C)C(=O)OCCCCCC(=O)OCCCCCC(=O)O.CCCCC(CC)COC(=O)CCCCCOC(=O)CCCOC(=O)C(C)(C)CC. The molecule has 0 amide bonds. The van der Waals surface area contributed by atoms with E-state index in [9.17, 15) is 28.8 Å². The Morgan fingerprint density at radius 2 is 0.870 bits per heavy atom. The van der Waals surface area contributed by atoms with Gasteiger partial charge >= 0.3 is 35.8 Å². The molecule has 0 rings (SSSR count). The lowest BCUT2D eigenvalue weighted by Gasteiger charge is -2.20. The summed E-state index contributed by atoms with van der Waals surface area (Å²) in [6.45, 7) is 17.5. The average molecular weight is 773 g/mol. The van der Waals surface area contributed by atoms with Gasteiger partial charge in [0, 0.05) is 25.7 Å². The molecule has 1 unspecified atom stereocenters. The minimum Gasteiger partial charge on any atom is -0.481 e. The Kier molecular flexibility index (Phi) is 32.5. The van der Waals surface area contributed by atoms with Crippen molar-refractivity contribution in [2.75, 3.05) is 33.0 Å². The molecule has 0 spiro atoms. The molecule has 0 aromatic heterocycles. The van der Waals surface area contributed by atoms with Gasteiger partial charge in [0.1, 0.15) is 0 Å². The van der Waals surface area contributed by atoms with Crippen molar-refractivity contribution in [1.82, 2.24) is 0 Å². The number of aliphatic carboxylic acids is 1. The first kappa shape index (κ1) is 52.9. The van der Waals surface area contributed by atoms with Gasteiger partial charge in [0.2, 0.25) is 0 Å². The first-order valence-electron chi connectivity index (χ1n) is 20.6. The van der Waals surface area contributed by atoms with Gasteiger partial charge < -0.3 is 28.8 Å². The Labute approximate surface area is 326 Å². The van der Waals surface area contributed by atoms with Crippen molar-refractivity contribution >= 4 is 35.8 Å². The predicted molar refractivity (Wildman–Crippen MR) is 209 cm³/mol. The second kappa shape index (κ2) is 33.2. The molecule has 0 aliphatic heterocycles. The van der Waals surface area contributed by atoms with Crippen LogP contribution in [-0.2, 0) is 52.5 Å². The average Bonchev–Trinajstić information content (AvgIpc) is 3.14. The molecular weight excluding hydrogens is 696 g/mol. The maximum absolute atomic E-state index is 11.8. The summed E-state index contributed by atoms with van der Waals surface area (Å²) in [6, 6.07) is 0. The van der Waals surface area contributed by atoms with E-state index in [0.29, 0.717) is 77.3 Å². The smallest absolute Gasteiger partial charge is 0.311 e. The van der Waals surface area contributed by atoms with Gasteiger partial charge in [0.05, 0.1) is 43.9 Å². The van der Waals surface area contributed by atoms with Crippen molar-refractivity contribution < 1.29 is 57.6 Å². The molecule has 0 heterocycles. The van der Waals surface area contributed by atoms with Crippen LogP contribution in [0.2, 0.25) is 0 Å². The Bertz CT molecular complexity index is 1040. The lowest BCUT2D eigenvalue weighted by Crippen LogP contribution is -2.26. The van der Waals surface area contributed by atoms with Crippen molar-refractivity contribution in [2.45, 2.75) is 184 Å². The van der Waals surface area contributed by atoms with E-state index in [0.717, 1.165) is 57.8 Å². The molecule has 1 atom stereocenters. The predicted octanol–water partition coefficient (Wildman–Crippen LogP) is 9.32. The van der Waals surface area contributed by atoms with Crippen molar-refractivity contribution in [3.05, 3.63) is 0 Å². The zero-order valence-electron chi connectivity index (χ0n) is 35.2. The molecule has 0 fully saturated rings. The van der Waals surface area contributed by atoms with Gasteiger partial charge in [-0.05, 0) is 117 Å². The van der Waals surface area contributed by atoms with Crippen molar-refractivity contribution in [2.24, 2.45) is 16.7 Å². The maximum Gasteiger partial charge on any atom is 0.311 e. The summed E-state index contributed by atoms with van der Waals surface area (Å²) < 4.78 is 26.1. The van der Waals surface area contributed by atoms with E-state index < -0.39 is 16.8 Å². The third-order valence-electron chi connectivity index (χ3n) is 9.50. The molecule has 0 aromatic rings. The normalized spacial score (nSPS) is 11.8. The Hall–Kier alpha value is -3.18. The fourth-order valence-electron chi connectivity index (χ4n) is 4.57. The minimum atomic E-state index is -0.795. The molecule has 0 saturated heterocycles. The van der Waals surface area contributed by atoms with Crippen molar-refractivity contribution in [1.29, 1.82) is 0 Å². The van der Waals surface area contributed by atoms with Crippen LogP contribution in [0.25, 0.3) is 0 Å². The fraction of sp³-hybridized carbons (Fsp3) is 0.857. The second-order valence-electron chi connectivity index (χ2n) is 15.2. The second-order valence-corrected chi connectivity index (χ2v) is 15.2. The monoisotopic (exact) mass is 773 g/mol. The number of carboxylic acids is 1. The molecular formula is C42H76O12. The molecule has 0 aliphatic carbocycles. The van der Waals surface area contributed by atoms with E-state index in [-0.39, 0.29) is 49.3 Å². The Balaban J connectivity index is 0. The summed E-state index contributed by atoms with van der Waals surface area (Å²) in [5, 5.41) is 8.49. The number of ether oxygens (including phenoxy) is 5. The largest absolute Gasteiger partial charge is 0.481 e. The highest BCUT2D eigenvalue weighted by Crippen LogP contribution is 2.22. The van der Waals surface area contributed by atoms with Crippen LogP contribution < -0.4 is 0 Å². The molecule has 12 heteroatoms. The molecule has 0 bridgehead atoms. The molecule has 0 radical (unpaired) electrons. The summed E-state index contributed by atoms with van der Waals surface area (Å²) in [4.78, 5) is 68.9. The van der Waals surface area contributed by atoms with Gasteiger partial charge in [-0.2, -0.15) is 0 Å². The quantitative estimate of drug-likeness (QED) is 0.0391. The van der Waals surface area contributed by atoms with Gasteiger partial charge in [-0.25, -0.2) is 0 Å². The Morgan fingerprint density at radius 1 is 0.481 bits per heavy atom. The van der Waals surface area contributed by atoms with Gasteiger partial charge in [0.15, 0.2) is 0 Å². The van der Waals surface area contributed by atoms with Crippen LogP contribution in [0.3, 0.4) is 0 Å². The first-order chi connectivity index (χ1) is 25.6. The summed E-state index contributed by atoms with van der Waals surface area (Å²) in [7, 11) is 0. The number of carbonyl (C=O) groups excluding carboxylic acids is 5. The third-order valence-corrected chi connectivity index (χ3v) is 9.50. The Morgan fingerprint density at radius 3 is 1.28 bits per heavy atom. The number of esters is 5. The molecule has 0 saturated carbocycles. The highest BCUT2D eigenvalue weighted by Gasteiger charge is 2.27. The lowest BCUT2D eigenvalue weighted by atomic mass is 9.91. The van der Waals surface area contributed by atoms with E-state index in [2.05, 4.69) is 13.8 Å². The van der Waals surface area contributed by atoms with Crippen LogP contribution in [0.5, 0.6) is 0 Å². The van der Waals surface area contributed by atoms with Crippen LogP contribution >= 0.6 is 0 Å². The first-order valence-corrected chi connectivity index (χ1v) is 20.6. The molecule has 0 aromatic carbocycles. The topological polar surface area (TPSA) is 169 Å². The molecule has 316 valence electrons. The number of hydrogen-bond donors (Lipinski definition) is 1. The highest BCUT2D eigenvalue weighted by atomic mass is 16.5. The molecule has 12 nitrogen and oxygen atoms in total. The van der Waals surface area contributed by atoms with Crippen LogP contribution in [-0.4, -0.2) is 74.0 Å². The minimum absolute atomic E-state index is 0.136. The van der Waals surface area contributed by atoms with Gasteiger partial charge in [-0.1, -0.05) is 47.0 Å². The van der Waals surface area contributed by atoms with Crippen molar-refractivity contribution in [3.8, 4) is 0 Å². The van der Waals surface area contributed by atoms with E-state index >= 15 is 0 Å². The number of hydrogen-bond acceptors (Lipinski definition) is 11. The summed E-state index contributed by atoms with van der Waals surface area (Å²) in [5.41, 5.74) is -0.923. The van der Waals surface area contributed by atoms with Crippen LogP contribution in [0.1, 0.15) is 184 Å². The van der Waals surface area contributed by atoms with E-state index in [1.807, 2.05) is 41.5 Å². The molecule has 1 N–H and O–H groups in total. The summed E-state index contributed by atoms with van der Waals surface area (Å²) in [5.74, 6) is -1.38. The lowest BCUT2D eigenvalue weighted by molar-refractivity contribution is -0.155. The van der Waals surface area contributed by atoms with Gasteiger partial charge in [-0.15, -0.1) is 0 Å². The molecule has 0 aliphatic rings. The zero-order chi connectivity index (χ0) is 41.3. The van der Waals surface area contributed by atoms with E-state index in [4.69, 9.17) is 28.8 Å². The van der Waals surface area contributed by atoms with E-state index in [1.165, 1.54) is 12.8 Å². The van der Waals surface area contributed by atoms with Crippen LogP contribution in [0.4, 0.5) is 0 Å². The van der Waals surface area contributed by atoms with Crippen LogP contribution in [0.15, 0.2) is 0 Å². The maximum atomic E-state index is 11.8. The van der Waals surface area contributed by atoms with Gasteiger partial charge in [0.25, 0.3) is 0 Å². The summed E-state index contributed by atoms with van der Waals surface area (Å²) in [6.07, 6.45) is 14.2. The van der Waals surface area contributed by atoms with Crippen molar-refractivity contribution in [3.63, 3.8) is 0 Å². The van der Waals surface area contributed by atoms with E-state index in [1.54, 1.807) is 0 Å². The number of unbranched alkanes of at least 4 members (excludes halogenated alkanes) is 7. The molecule has 54 heavy (non-hydrogen) atoms. The fourth-order valence-corrected chi connectivity index (χ4v) is 4.57. The van der Waals surface area contributed by atoms with Crippen LogP contribution in [0, 0.1) is 16.7 Å². The number of carbonyl (C=O) groups is 6. The number of rotatable bonds is 32.